The molecule has 126 valence electrons. The lowest BCUT2D eigenvalue weighted by atomic mass is 10.1. The summed E-state index contributed by atoms with van der Waals surface area (Å²) in [6.07, 6.45) is 6.45. The summed E-state index contributed by atoms with van der Waals surface area (Å²) in [6, 6.07) is 13.3. The molecular formula is C19H14Cl2N2OS. The van der Waals surface area contributed by atoms with E-state index in [0.29, 0.717) is 27.7 Å². The van der Waals surface area contributed by atoms with Gasteiger partial charge in [-0.1, -0.05) is 70.8 Å². The molecule has 0 aliphatic heterocycles. The Kier molecular flexibility index (Phi) is 5.60. The van der Waals surface area contributed by atoms with E-state index in [2.05, 4.69) is 10.9 Å². The fourth-order valence-electron chi connectivity index (χ4n) is 2.51. The summed E-state index contributed by atoms with van der Waals surface area (Å²) in [7, 11) is 0. The van der Waals surface area contributed by atoms with Gasteiger partial charge in [-0.05, 0) is 24.1 Å². The van der Waals surface area contributed by atoms with Crippen molar-refractivity contribution in [2.75, 3.05) is 0 Å². The van der Waals surface area contributed by atoms with Crippen LogP contribution >= 0.6 is 34.5 Å². The molecule has 3 aromatic rings. The van der Waals surface area contributed by atoms with Crippen LogP contribution in [0.2, 0.25) is 10.0 Å². The summed E-state index contributed by atoms with van der Waals surface area (Å²) < 4.78 is 2.63. The van der Waals surface area contributed by atoms with E-state index in [1.807, 2.05) is 30.3 Å². The van der Waals surface area contributed by atoms with Crippen LogP contribution in [-0.2, 0) is 17.8 Å². The first-order chi connectivity index (χ1) is 12.1. The number of carbonyl (C=O) groups is 1. The van der Waals surface area contributed by atoms with Gasteiger partial charge in [0.05, 0.1) is 21.8 Å². The Morgan fingerprint density at radius 2 is 2.00 bits per heavy atom. The van der Waals surface area contributed by atoms with Crippen molar-refractivity contribution in [3.8, 4) is 12.3 Å². The quantitative estimate of drug-likeness (QED) is 0.596. The zero-order valence-electron chi connectivity index (χ0n) is 13.2. The average molecular weight is 389 g/mol. The second-order valence-corrected chi connectivity index (χ2v) is 7.25. The molecule has 0 fully saturated rings. The van der Waals surface area contributed by atoms with Gasteiger partial charge in [0, 0.05) is 11.4 Å². The number of hydrogen-bond donors (Lipinski definition) is 0. The Balaban J connectivity index is 1.95. The topological polar surface area (TPSA) is 34.4 Å². The first kappa shape index (κ1) is 17.8. The Bertz CT molecular complexity index is 1030. The first-order valence-electron chi connectivity index (χ1n) is 7.62. The largest absolute Gasteiger partial charge is 0.303 e. The molecule has 1 aromatic heterocycles. The Morgan fingerprint density at radius 1 is 1.24 bits per heavy atom. The lowest BCUT2D eigenvalue weighted by Crippen LogP contribution is -2.16. The predicted molar refractivity (Wildman–Crippen MR) is 104 cm³/mol. The molecule has 25 heavy (non-hydrogen) atoms. The van der Waals surface area contributed by atoms with Crippen molar-refractivity contribution in [1.29, 1.82) is 0 Å². The molecule has 2 aromatic carbocycles. The van der Waals surface area contributed by atoms with Crippen LogP contribution in [0.5, 0.6) is 0 Å². The number of halogens is 2. The smallest absolute Gasteiger partial charge is 0.248 e. The van der Waals surface area contributed by atoms with Gasteiger partial charge >= 0.3 is 0 Å². The summed E-state index contributed by atoms with van der Waals surface area (Å²) in [4.78, 5) is 17.1. The van der Waals surface area contributed by atoms with Crippen LogP contribution in [-0.4, -0.2) is 10.5 Å². The van der Waals surface area contributed by atoms with E-state index in [1.165, 1.54) is 11.3 Å². The Hall–Kier alpha value is -2.06. The number of nitrogens with zero attached hydrogens (tertiary/aromatic N) is 2. The first-order valence-corrected chi connectivity index (χ1v) is 9.19. The molecule has 0 aliphatic rings. The molecule has 0 spiro atoms. The maximum atomic E-state index is 12.3. The van der Waals surface area contributed by atoms with Crippen molar-refractivity contribution in [2.24, 2.45) is 4.99 Å². The molecule has 0 aliphatic carbocycles. The molecule has 0 radical (unpaired) electrons. The van der Waals surface area contributed by atoms with Gasteiger partial charge in [-0.15, -0.1) is 6.42 Å². The van der Waals surface area contributed by atoms with Crippen molar-refractivity contribution < 1.29 is 4.79 Å². The average Bonchev–Trinajstić information content (AvgIpc) is 2.91. The standard InChI is InChI=1S/C19H14Cl2N2OS/c1-2-10-23-18-15(21)11-14(20)12-16(18)25-19(23)22-17(24)9-8-13-6-4-3-5-7-13/h1,3-7,11-12H,8-10H2. The van der Waals surface area contributed by atoms with E-state index < -0.39 is 0 Å². The zero-order valence-corrected chi connectivity index (χ0v) is 15.5. The Labute approximate surface area is 159 Å². The van der Waals surface area contributed by atoms with Gasteiger partial charge in [0.15, 0.2) is 4.80 Å². The monoisotopic (exact) mass is 388 g/mol. The maximum Gasteiger partial charge on any atom is 0.248 e. The zero-order chi connectivity index (χ0) is 17.8. The summed E-state index contributed by atoms with van der Waals surface area (Å²) in [5.74, 6) is 2.39. The normalized spacial score (nSPS) is 11.6. The number of carbonyl (C=O) groups excluding carboxylic acids is 1. The molecule has 0 unspecified atom stereocenters. The SMILES string of the molecule is C#CCn1c(=NC(=O)CCc2ccccc2)sc2cc(Cl)cc(Cl)c21. The van der Waals surface area contributed by atoms with Crippen LogP contribution in [0.4, 0.5) is 0 Å². The molecule has 0 N–H and O–H groups in total. The summed E-state index contributed by atoms with van der Waals surface area (Å²) in [6.45, 7) is 0.284. The van der Waals surface area contributed by atoms with Gasteiger partial charge in [0.25, 0.3) is 0 Å². The van der Waals surface area contributed by atoms with Crippen LogP contribution in [0, 0.1) is 12.3 Å². The highest BCUT2D eigenvalue weighted by Crippen LogP contribution is 2.29. The number of aromatic nitrogens is 1. The number of amides is 1. The minimum atomic E-state index is -0.191. The van der Waals surface area contributed by atoms with E-state index in [-0.39, 0.29) is 12.5 Å². The number of rotatable bonds is 4. The van der Waals surface area contributed by atoms with E-state index in [0.717, 1.165) is 15.8 Å². The predicted octanol–water partition coefficient (Wildman–Crippen LogP) is 4.70. The molecule has 3 rings (SSSR count). The third-order valence-electron chi connectivity index (χ3n) is 3.64. The van der Waals surface area contributed by atoms with Crippen LogP contribution in [0.15, 0.2) is 47.5 Å². The van der Waals surface area contributed by atoms with Crippen molar-refractivity contribution in [2.45, 2.75) is 19.4 Å². The Morgan fingerprint density at radius 3 is 2.72 bits per heavy atom. The molecule has 0 bridgehead atoms. The van der Waals surface area contributed by atoms with Gasteiger partial charge in [-0.3, -0.25) is 4.79 Å². The summed E-state index contributed by atoms with van der Waals surface area (Å²) >= 11 is 13.7. The molecule has 1 heterocycles. The van der Waals surface area contributed by atoms with Crippen LogP contribution in [0.3, 0.4) is 0 Å². The second kappa shape index (κ2) is 7.88. The van der Waals surface area contributed by atoms with Crippen LogP contribution in [0.1, 0.15) is 12.0 Å². The van der Waals surface area contributed by atoms with Gasteiger partial charge in [-0.25, -0.2) is 0 Å². The lowest BCUT2D eigenvalue weighted by Gasteiger charge is -2.02. The molecule has 6 heteroatoms. The van der Waals surface area contributed by atoms with Gasteiger partial charge in [0.2, 0.25) is 5.91 Å². The van der Waals surface area contributed by atoms with Crippen LogP contribution < -0.4 is 4.80 Å². The third-order valence-corrected chi connectivity index (χ3v) is 5.17. The van der Waals surface area contributed by atoms with Gasteiger partial charge < -0.3 is 4.57 Å². The highest BCUT2D eigenvalue weighted by molar-refractivity contribution is 7.16. The second-order valence-electron chi connectivity index (χ2n) is 5.40. The lowest BCUT2D eigenvalue weighted by molar-refractivity contribution is -0.118. The summed E-state index contributed by atoms with van der Waals surface area (Å²) in [5, 5.41) is 1.03. The highest BCUT2D eigenvalue weighted by atomic mass is 35.5. The van der Waals surface area contributed by atoms with Crippen LogP contribution in [0.25, 0.3) is 10.2 Å². The van der Waals surface area contributed by atoms with Crippen molar-refractivity contribution in [3.63, 3.8) is 0 Å². The van der Waals surface area contributed by atoms with E-state index in [9.17, 15) is 4.79 Å². The highest BCUT2D eigenvalue weighted by Gasteiger charge is 2.12. The minimum absolute atomic E-state index is 0.191. The molecule has 0 atom stereocenters. The molecule has 0 saturated carbocycles. The van der Waals surface area contributed by atoms with E-state index in [4.69, 9.17) is 29.6 Å². The van der Waals surface area contributed by atoms with Gasteiger partial charge in [0.1, 0.15) is 0 Å². The molecule has 1 amide bonds. The number of thiazole rings is 1. The number of hydrogen-bond acceptors (Lipinski definition) is 2. The number of terminal acetylenes is 1. The van der Waals surface area contributed by atoms with Crippen molar-refractivity contribution in [1.82, 2.24) is 4.57 Å². The molecular weight excluding hydrogens is 375 g/mol. The fraction of sp³-hybridized carbons (Fsp3) is 0.158. The number of fused-ring (bicyclic) bond motifs is 1. The van der Waals surface area contributed by atoms with E-state index >= 15 is 0 Å². The maximum absolute atomic E-state index is 12.3. The number of aryl methyl sites for hydroxylation is 1. The van der Waals surface area contributed by atoms with E-state index in [1.54, 1.807) is 16.7 Å². The minimum Gasteiger partial charge on any atom is -0.303 e. The molecule has 3 nitrogen and oxygen atoms in total. The van der Waals surface area contributed by atoms with Gasteiger partial charge in [-0.2, -0.15) is 4.99 Å². The van der Waals surface area contributed by atoms with Crippen molar-refractivity contribution in [3.05, 3.63) is 62.9 Å². The number of benzene rings is 2. The third kappa shape index (κ3) is 4.13. The molecule has 0 saturated heterocycles. The fourth-order valence-corrected chi connectivity index (χ4v) is 4.34. The van der Waals surface area contributed by atoms with Crippen molar-refractivity contribution >= 4 is 50.7 Å². The summed E-state index contributed by atoms with van der Waals surface area (Å²) in [5.41, 5.74) is 1.86.